The van der Waals surface area contributed by atoms with Gasteiger partial charge < -0.3 is 20.1 Å². The van der Waals surface area contributed by atoms with Crippen molar-refractivity contribution >= 4 is 38.9 Å². The van der Waals surface area contributed by atoms with E-state index in [-0.39, 0.29) is 36.2 Å². The maximum absolute atomic E-state index is 12.9. The molecule has 0 saturated carbocycles. The Morgan fingerprint density at radius 2 is 2.00 bits per heavy atom. The van der Waals surface area contributed by atoms with E-state index in [1.165, 1.54) is 27.8 Å². The molecule has 1 aromatic carbocycles. The van der Waals surface area contributed by atoms with Gasteiger partial charge in [-0.05, 0) is 43.0 Å². The number of ether oxygens (including phenoxy) is 2. The van der Waals surface area contributed by atoms with Crippen molar-refractivity contribution in [3.63, 3.8) is 0 Å². The molecule has 2 aromatic rings. The molecule has 2 amide bonds. The SMILES string of the molecule is CCOc1ccc(S(=O)(=O)N2CCOCC2)cc1NC(=O)CCCNC(=O)c1ccsc1. The number of hydrogen-bond donors (Lipinski definition) is 2. The third-order valence-corrected chi connectivity index (χ3v) is 7.36. The van der Waals surface area contributed by atoms with Gasteiger partial charge >= 0.3 is 0 Å². The lowest BCUT2D eigenvalue weighted by atomic mass is 10.2. The number of carbonyl (C=O) groups is 2. The molecule has 1 aromatic heterocycles. The highest BCUT2D eigenvalue weighted by molar-refractivity contribution is 7.89. The summed E-state index contributed by atoms with van der Waals surface area (Å²) in [5.74, 6) is -0.0736. The van der Waals surface area contributed by atoms with Crippen LogP contribution in [0.3, 0.4) is 0 Å². The Morgan fingerprint density at radius 1 is 1.22 bits per heavy atom. The Morgan fingerprint density at radius 3 is 2.69 bits per heavy atom. The number of hydrogen-bond acceptors (Lipinski definition) is 7. The van der Waals surface area contributed by atoms with Crippen LogP contribution in [-0.4, -0.2) is 64.0 Å². The van der Waals surface area contributed by atoms with Gasteiger partial charge in [-0.3, -0.25) is 9.59 Å². The molecular formula is C21H27N3O6S2. The molecule has 0 radical (unpaired) electrons. The smallest absolute Gasteiger partial charge is 0.252 e. The van der Waals surface area contributed by atoms with Crippen LogP contribution in [0.15, 0.2) is 39.9 Å². The van der Waals surface area contributed by atoms with E-state index in [0.29, 0.717) is 49.8 Å². The number of nitrogens with one attached hydrogen (secondary N) is 2. The Labute approximate surface area is 191 Å². The largest absolute Gasteiger partial charge is 0.492 e. The van der Waals surface area contributed by atoms with Gasteiger partial charge in [0.25, 0.3) is 5.91 Å². The van der Waals surface area contributed by atoms with Crippen LogP contribution in [0.4, 0.5) is 5.69 Å². The van der Waals surface area contributed by atoms with Crippen LogP contribution in [0.2, 0.25) is 0 Å². The van der Waals surface area contributed by atoms with Gasteiger partial charge in [0.1, 0.15) is 5.75 Å². The van der Waals surface area contributed by atoms with Gasteiger partial charge in [-0.15, -0.1) is 0 Å². The van der Waals surface area contributed by atoms with Crippen molar-refractivity contribution in [3.8, 4) is 5.75 Å². The lowest BCUT2D eigenvalue weighted by Gasteiger charge is -2.26. The van der Waals surface area contributed by atoms with Crippen LogP contribution in [0.1, 0.15) is 30.1 Å². The topological polar surface area (TPSA) is 114 Å². The molecule has 0 atom stereocenters. The van der Waals surface area contributed by atoms with Crippen molar-refractivity contribution in [1.82, 2.24) is 9.62 Å². The molecule has 0 bridgehead atoms. The predicted molar refractivity (Wildman–Crippen MR) is 122 cm³/mol. The van der Waals surface area contributed by atoms with Crippen molar-refractivity contribution in [3.05, 3.63) is 40.6 Å². The summed E-state index contributed by atoms with van der Waals surface area (Å²) in [7, 11) is -3.70. The monoisotopic (exact) mass is 481 g/mol. The quantitative estimate of drug-likeness (QED) is 0.504. The summed E-state index contributed by atoms with van der Waals surface area (Å²) in [5.41, 5.74) is 0.896. The molecule has 0 aliphatic carbocycles. The lowest BCUT2D eigenvalue weighted by molar-refractivity contribution is -0.116. The van der Waals surface area contributed by atoms with Crippen molar-refractivity contribution < 1.29 is 27.5 Å². The number of benzene rings is 1. The Hall–Kier alpha value is -2.47. The molecule has 0 spiro atoms. The highest BCUT2D eigenvalue weighted by atomic mass is 32.2. The van der Waals surface area contributed by atoms with E-state index in [1.807, 2.05) is 5.38 Å². The summed E-state index contributed by atoms with van der Waals surface area (Å²) in [6.07, 6.45) is 0.605. The molecule has 174 valence electrons. The summed E-state index contributed by atoms with van der Waals surface area (Å²) in [4.78, 5) is 24.5. The van der Waals surface area contributed by atoms with E-state index >= 15 is 0 Å². The standard InChI is InChI=1S/C21H27N3O6S2/c1-2-30-19-6-5-17(32(27,28)24-9-11-29-12-10-24)14-18(19)23-20(25)4-3-8-22-21(26)16-7-13-31-15-16/h5-7,13-15H,2-4,8-12H2,1H3,(H,22,26)(H,23,25). The normalized spacial score (nSPS) is 14.7. The number of amides is 2. The zero-order chi connectivity index (χ0) is 23.0. The van der Waals surface area contributed by atoms with E-state index in [4.69, 9.17) is 9.47 Å². The molecule has 32 heavy (non-hydrogen) atoms. The average Bonchev–Trinajstić information content (AvgIpc) is 3.33. The minimum Gasteiger partial charge on any atom is -0.492 e. The molecule has 1 saturated heterocycles. The summed E-state index contributed by atoms with van der Waals surface area (Å²) in [5, 5.41) is 9.10. The van der Waals surface area contributed by atoms with Crippen molar-refractivity contribution in [2.24, 2.45) is 0 Å². The third kappa shape index (κ3) is 6.28. The van der Waals surface area contributed by atoms with Crippen LogP contribution in [0.25, 0.3) is 0 Å². The zero-order valence-corrected chi connectivity index (χ0v) is 19.5. The summed E-state index contributed by atoms with van der Waals surface area (Å²) < 4.78 is 38.0. The first-order valence-electron chi connectivity index (χ1n) is 10.4. The van der Waals surface area contributed by atoms with Gasteiger partial charge in [0.2, 0.25) is 15.9 Å². The second kappa shape index (κ2) is 11.4. The number of morpholine rings is 1. The Kier molecular flexibility index (Phi) is 8.62. The Bertz CT molecular complexity index is 1020. The lowest BCUT2D eigenvalue weighted by Crippen LogP contribution is -2.40. The molecule has 2 heterocycles. The number of thiophene rings is 1. The maximum atomic E-state index is 12.9. The fraction of sp³-hybridized carbons (Fsp3) is 0.429. The molecule has 3 rings (SSSR count). The van der Waals surface area contributed by atoms with Crippen LogP contribution < -0.4 is 15.4 Å². The molecule has 9 nitrogen and oxygen atoms in total. The number of carbonyl (C=O) groups excluding carboxylic acids is 2. The highest BCUT2D eigenvalue weighted by Crippen LogP contribution is 2.29. The second-order valence-corrected chi connectivity index (χ2v) is 9.75. The van der Waals surface area contributed by atoms with Crippen molar-refractivity contribution in [2.45, 2.75) is 24.7 Å². The first kappa shape index (κ1) is 24.2. The van der Waals surface area contributed by atoms with Gasteiger partial charge in [-0.25, -0.2) is 8.42 Å². The molecule has 1 aliphatic rings. The number of anilines is 1. The molecule has 1 fully saturated rings. The Balaban J connectivity index is 1.61. The number of nitrogens with zero attached hydrogens (tertiary/aromatic N) is 1. The van der Waals surface area contributed by atoms with Crippen LogP contribution in [-0.2, 0) is 19.6 Å². The summed E-state index contributed by atoms with van der Waals surface area (Å²) >= 11 is 1.44. The fourth-order valence-corrected chi connectivity index (χ4v) is 5.21. The van der Waals surface area contributed by atoms with Gasteiger partial charge in [0.15, 0.2) is 0 Å². The maximum Gasteiger partial charge on any atom is 0.252 e. The molecule has 1 aliphatic heterocycles. The van der Waals surface area contributed by atoms with Gasteiger partial charge in [0.05, 0.1) is 30.4 Å². The zero-order valence-electron chi connectivity index (χ0n) is 17.8. The summed E-state index contributed by atoms with van der Waals surface area (Å²) in [6, 6.07) is 6.19. The molecule has 0 unspecified atom stereocenters. The highest BCUT2D eigenvalue weighted by Gasteiger charge is 2.27. The van der Waals surface area contributed by atoms with E-state index in [1.54, 1.807) is 24.4 Å². The van der Waals surface area contributed by atoms with Crippen molar-refractivity contribution in [2.75, 3.05) is 44.8 Å². The predicted octanol–water partition coefficient (Wildman–Crippen LogP) is 2.32. The van der Waals surface area contributed by atoms with Crippen molar-refractivity contribution in [1.29, 1.82) is 0 Å². The molecular weight excluding hydrogens is 454 g/mol. The first-order chi connectivity index (χ1) is 15.4. The van der Waals surface area contributed by atoms with Crippen LogP contribution in [0.5, 0.6) is 5.75 Å². The van der Waals surface area contributed by atoms with E-state index in [0.717, 1.165) is 0 Å². The van der Waals surface area contributed by atoms with E-state index in [9.17, 15) is 18.0 Å². The summed E-state index contributed by atoms with van der Waals surface area (Å²) in [6.45, 7) is 3.80. The third-order valence-electron chi connectivity index (χ3n) is 4.78. The average molecular weight is 482 g/mol. The minimum atomic E-state index is -3.70. The fourth-order valence-electron chi connectivity index (χ4n) is 3.14. The van der Waals surface area contributed by atoms with Gasteiger partial charge in [-0.1, -0.05) is 0 Å². The van der Waals surface area contributed by atoms with Gasteiger partial charge in [-0.2, -0.15) is 15.6 Å². The second-order valence-electron chi connectivity index (χ2n) is 7.03. The van der Waals surface area contributed by atoms with Crippen LogP contribution >= 0.6 is 11.3 Å². The van der Waals surface area contributed by atoms with Gasteiger partial charge in [0, 0.05) is 37.0 Å². The van der Waals surface area contributed by atoms with E-state index in [2.05, 4.69) is 10.6 Å². The minimum absolute atomic E-state index is 0.0844. The van der Waals surface area contributed by atoms with E-state index < -0.39 is 10.0 Å². The van der Waals surface area contributed by atoms with Crippen LogP contribution in [0, 0.1) is 0 Å². The first-order valence-corrected chi connectivity index (χ1v) is 12.7. The number of sulfonamides is 1. The molecule has 2 N–H and O–H groups in total. The number of rotatable bonds is 10. The molecule has 11 heteroatoms.